The molecule has 2 aromatic carbocycles. The van der Waals surface area contributed by atoms with Crippen LogP contribution >= 0.6 is 11.3 Å². The van der Waals surface area contributed by atoms with E-state index in [2.05, 4.69) is 6.07 Å². The van der Waals surface area contributed by atoms with Crippen LogP contribution in [0, 0.1) is 0 Å². The number of nitrogens with two attached hydrogens (primary N) is 1. The number of hydrogen-bond acceptors (Lipinski definition) is 4. The van der Waals surface area contributed by atoms with E-state index in [1.54, 1.807) is 36.6 Å². The Labute approximate surface area is 127 Å². The maximum Gasteiger partial charge on any atom is 0.169 e. The average Bonchev–Trinajstić information content (AvgIpc) is 2.91. The molecular weight excluding hydrogens is 282 g/mol. The van der Waals surface area contributed by atoms with Crippen LogP contribution in [-0.2, 0) is 6.42 Å². The number of ether oxygens (including phenoxy) is 1. The number of benzene rings is 2. The summed E-state index contributed by atoms with van der Waals surface area (Å²) in [5, 5.41) is 3.18. The van der Waals surface area contributed by atoms with E-state index < -0.39 is 0 Å². The highest BCUT2D eigenvalue weighted by Crippen LogP contribution is 2.28. The summed E-state index contributed by atoms with van der Waals surface area (Å²) in [4.78, 5) is 12.5. The van der Waals surface area contributed by atoms with Gasteiger partial charge in [-0.05, 0) is 40.6 Å². The summed E-state index contributed by atoms with van der Waals surface area (Å²) in [5.74, 6) is 0.651. The molecule has 0 spiro atoms. The Balaban J connectivity index is 1.93. The van der Waals surface area contributed by atoms with Crippen molar-refractivity contribution in [3.05, 3.63) is 59.0 Å². The third-order valence-electron chi connectivity index (χ3n) is 3.47. The zero-order valence-corrected chi connectivity index (χ0v) is 12.4. The molecule has 0 amide bonds. The van der Waals surface area contributed by atoms with Crippen LogP contribution in [0.3, 0.4) is 0 Å². The Morgan fingerprint density at radius 1 is 1.24 bits per heavy atom. The topological polar surface area (TPSA) is 52.3 Å². The molecule has 3 rings (SSSR count). The molecule has 0 radical (unpaired) electrons. The minimum atomic E-state index is 0.00922. The number of fused-ring (bicyclic) bond motifs is 1. The number of carbonyl (C=O) groups is 1. The number of methoxy groups -OCH3 is 1. The number of hydrogen-bond donors (Lipinski definition) is 1. The minimum absolute atomic E-state index is 0.00922. The van der Waals surface area contributed by atoms with Gasteiger partial charge in [-0.15, -0.1) is 11.3 Å². The van der Waals surface area contributed by atoms with Crippen LogP contribution in [0.2, 0.25) is 0 Å². The molecular formula is C17H15NO2S. The second-order valence-electron chi connectivity index (χ2n) is 4.81. The Morgan fingerprint density at radius 3 is 2.86 bits per heavy atom. The highest BCUT2D eigenvalue weighted by atomic mass is 32.1. The summed E-state index contributed by atoms with van der Waals surface area (Å²) in [6, 6.07) is 13.3. The van der Waals surface area contributed by atoms with Gasteiger partial charge in [0.05, 0.1) is 7.11 Å². The van der Waals surface area contributed by atoms with E-state index in [0.717, 1.165) is 10.9 Å². The number of Topliss-reactive ketones (excluding diaryl/α,β-unsaturated/α-hetero) is 1. The fraction of sp³-hybridized carbons (Fsp3) is 0.118. The summed E-state index contributed by atoms with van der Waals surface area (Å²) < 4.78 is 6.35. The Hall–Kier alpha value is -2.33. The molecule has 2 N–H and O–H groups in total. The molecule has 106 valence electrons. The van der Waals surface area contributed by atoms with Crippen molar-refractivity contribution in [1.29, 1.82) is 0 Å². The molecule has 0 atom stereocenters. The zero-order valence-electron chi connectivity index (χ0n) is 11.6. The highest BCUT2D eigenvalue weighted by molar-refractivity contribution is 7.17. The van der Waals surface area contributed by atoms with Crippen LogP contribution in [0.1, 0.15) is 15.9 Å². The fourth-order valence-electron chi connectivity index (χ4n) is 2.34. The SMILES string of the molecule is COc1ccc(N)c(C(=O)Cc2csc3ccccc23)c1. The predicted molar refractivity (Wildman–Crippen MR) is 87.3 cm³/mol. The van der Waals surface area contributed by atoms with Gasteiger partial charge >= 0.3 is 0 Å². The largest absolute Gasteiger partial charge is 0.497 e. The Morgan fingerprint density at radius 2 is 2.05 bits per heavy atom. The minimum Gasteiger partial charge on any atom is -0.497 e. The number of anilines is 1. The predicted octanol–water partition coefficient (Wildman–Crippen LogP) is 3.92. The van der Waals surface area contributed by atoms with Gasteiger partial charge in [-0.3, -0.25) is 4.79 Å². The van der Waals surface area contributed by atoms with Crippen LogP contribution in [0.25, 0.3) is 10.1 Å². The fourth-order valence-corrected chi connectivity index (χ4v) is 3.30. The van der Waals surface area contributed by atoms with E-state index in [1.165, 1.54) is 4.70 Å². The van der Waals surface area contributed by atoms with Crippen molar-refractivity contribution in [3.8, 4) is 5.75 Å². The van der Waals surface area contributed by atoms with E-state index in [0.29, 0.717) is 23.4 Å². The summed E-state index contributed by atoms with van der Waals surface area (Å²) in [6.45, 7) is 0. The maximum absolute atomic E-state index is 12.5. The molecule has 0 bridgehead atoms. The Bertz CT molecular complexity index is 807. The number of carbonyl (C=O) groups excluding carboxylic acids is 1. The zero-order chi connectivity index (χ0) is 14.8. The molecule has 0 aliphatic heterocycles. The van der Waals surface area contributed by atoms with Crippen LogP contribution in [0.15, 0.2) is 47.8 Å². The first-order chi connectivity index (χ1) is 10.2. The molecule has 0 aliphatic carbocycles. The lowest BCUT2D eigenvalue weighted by molar-refractivity contribution is 0.0994. The lowest BCUT2D eigenvalue weighted by atomic mass is 10.0. The molecule has 1 heterocycles. The van der Waals surface area contributed by atoms with Crippen molar-refractivity contribution < 1.29 is 9.53 Å². The summed E-state index contributed by atoms with van der Waals surface area (Å²) in [5.41, 5.74) is 7.96. The Kier molecular flexibility index (Phi) is 3.62. The van der Waals surface area contributed by atoms with Gasteiger partial charge in [0.2, 0.25) is 0 Å². The van der Waals surface area contributed by atoms with E-state index in [9.17, 15) is 4.79 Å². The lowest BCUT2D eigenvalue weighted by Crippen LogP contribution is -2.07. The van der Waals surface area contributed by atoms with Gasteiger partial charge in [0.25, 0.3) is 0 Å². The monoisotopic (exact) mass is 297 g/mol. The highest BCUT2D eigenvalue weighted by Gasteiger charge is 2.14. The smallest absolute Gasteiger partial charge is 0.169 e. The molecule has 0 saturated carbocycles. The van der Waals surface area contributed by atoms with E-state index >= 15 is 0 Å². The van der Waals surface area contributed by atoms with Gasteiger partial charge < -0.3 is 10.5 Å². The molecule has 1 aromatic heterocycles. The molecule has 3 aromatic rings. The second-order valence-corrected chi connectivity index (χ2v) is 5.72. The number of rotatable bonds is 4. The van der Waals surface area contributed by atoms with Crippen molar-refractivity contribution >= 4 is 32.9 Å². The quantitative estimate of drug-likeness (QED) is 0.586. The van der Waals surface area contributed by atoms with Crippen molar-refractivity contribution in [3.63, 3.8) is 0 Å². The average molecular weight is 297 g/mol. The molecule has 4 heteroatoms. The molecule has 0 saturated heterocycles. The van der Waals surface area contributed by atoms with Crippen LogP contribution in [0.4, 0.5) is 5.69 Å². The normalized spacial score (nSPS) is 10.7. The molecule has 0 fully saturated rings. The van der Waals surface area contributed by atoms with Crippen LogP contribution < -0.4 is 10.5 Å². The van der Waals surface area contributed by atoms with Crippen molar-refractivity contribution in [1.82, 2.24) is 0 Å². The van der Waals surface area contributed by atoms with E-state index in [4.69, 9.17) is 10.5 Å². The number of thiophene rings is 1. The first kappa shape index (κ1) is 13.6. The maximum atomic E-state index is 12.5. The lowest BCUT2D eigenvalue weighted by Gasteiger charge is -2.07. The summed E-state index contributed by atoms with van der Waals surface area (Å²) in [6.07, 6.45) is 0.349. The van der Waals surface area contributed by atoms with Gasteiger partial charge in [0.15, 0.2) is 5.78 Å². The third kappa shape index (κ3) is 2.62. The number of ketones is 1. The molecule has 21 heavy (non-hydrogen) atoms. The molecule has 3 nitrogen and oxygen atoms in total. The van der Waals surface area contributed by atoms with Gasteiger partial charge in [-0.2, -0.15) is 0 Å². The van der Waals surface area contributed by atoms with E-state index in [-0.39, 0.29) is 5.78 Å². The van der Waals surface area contributed by atoms with Crippen molar-refractivity contribution in [2.24, 2.45) is 0 Å². The van der Waals surface area contributed by atoms with Crippen molar-refractivity contribution in [2.45, 2.75) is 6.42 Å². The summed E-state index contributed by atoms with van der Waals surface area (Å²) >= 11 is 1.65. The van der Waals surface area contributed by atoms with Gasteiger partial charge in [0.1, 0.15) is 5.75 Å². The van der Waals surface area contributed by atoms with Crippen LogP contribution in [-0.4, -0.2) is 12.9 Å². The second kappa shape index (κ2) is 5.58. The standard InChI is InChI=1S/C17H15NO2S/c1-20-12-6-7-15(18)14(9-12)16(19)8-11-10-21-17-5-3-2-4-13(11)17/h2-7,9-10H,8,18H2,1H3. The third-order valence-corrected chi connectivity index (χ3v) is 4.49. The molecule has 0 unspecified atom stereocenters. The number of nitrogen functional groups attached to an aromatic ring is 1. The van der Waals surface area contributed by atoms with Gasteiger partial charge in [-0.1, -0.05) is 18.2 Å². The molecule has 0 aliphatic rings. The first-order valence-electron chi connectivity index (χ1n) is 6.61. The van der Waals surface area contributed by atoms with Crippen LogP contribution in [0.5, 0.6) is 5.75 Å². The first-order valence-corrected chi connectivity index (χ1v) is 7.49. The van der Waals surface area contributed by atoms with E-state index in [1.807, 2.05) is 23.6 Å². The van der Waals surface area contributed by atoms with Crippen molar-refractivity contribution in [2.75, 3.05) is 12.8 Å². The summed E-state index contributed by atoms with van der Waals surface area (Å²) in [7, 11) is 1.58. The van der Waals surface area contributed by atoms with Gasteiger partial charge in [-0.25, -0.2) is 0 Å². The van der Waals surface area contributed by atoms with Gasteiger partial charge in [0, 0.05) is 22.4 Å².